The number of pyridine rings is 4. The van der Waals surface area contributed by atoms with Crippen LogP contribution in [0.25, 0.3) is 122 Å². The molecule has 6 nitrogen and oxygen atoms in total. The lowest BCUT2D eigenvalue weighted by molar-refractivity contribution is 1.17. The Morgan fingerprint density at radius 1 is 0.312 bits per heavy atom. The maximum absolute atomic E-state index is 4.88. The molecule has 7 aromatic carbocycles. The van der Waals surface area contributed by atoms with Crippen LogP contribution >= 0.6 is 0 Å². The van der Waals surface area contributed by atoms with Gasteiger partial charge in [0.2, 0.25) is 0 Å². The zero-order valence-corrected chi connectivity index (χ0v) is 34.5. The van der Waals surface area contributed by atoms with E-state index in [2.05, 4.69) is 201 Å². The minimum atomic E-state index is 0.895. The second kappa shape index (κ2) is 14.4. The number of nitrogens with zero attached hydrogens (tertiary/aromatic N) is 6. The second-order valence-electron chi connectivity index (χ2n) is 16.3. The fraction of sp³-hybridized carbons (Fsp3) is 0. The van der Waals surface area contributed by atoms with Crippen molar-refractivity contribution in [2.24, 2.45) is 0 Å². The fourth-order valence-electron chi connectivity index (χ4n) is 9.65. The summed E-state index contributed by atoms with van der Waals surface area (Å²) >= 11 is 0. The van der Waals surface area contributed by atoms with E-state index < -0.39 is 0 Å². The van der Waals surface area contributed by atoms with Gasteiger partial charge in [0.1, 0.15) is 0 Å². The van der Waals surface area contributed by atoms with Crippen molar-refractivity contribution in [2.45, 2.75) is 0 Å². The molecule has 0 N–H and O–H groups in total. The Morgan fingerprint density at radius 2 is 0.750 bits per heavy atom. The lowest BCUT2D eigenvalue weighted by Gasteiger charge is -2.12. The molecule has 0 radical (unpaired) electrons. The van der Waals surface area contributed by atoms with Crippen LogP contribution in [-0.4, -0.2) is 29.1 Å². The molecule has 0 spiro atoms. The number of aromatic nitrogens is 6. The van der Waals surface area contributed by atoms with Gasteiger partial charge >= 0.3 is 0 Å². The van der Waals surface area contributed by atoms with Crippen molar-refractivity contribution >= 4 is 65.4 Å². The lowest BCUT2D eigenvalue weighted by atomic mass is 10.0. The summed E-state index contributed by atoms with van der Waals surface area (Å²) in [5, 5.41) is 7.12. The van der Waals surface area contributed by atoms with Gasteiger partial charge in [0.25, 0.3) is 0 Å². The largest absolute Gasteiger partial charge is 0.309 e. The average molecular weight is 817 g/mol. The molecule has 6 heteroatoms. The van der Waals surface area contributed by atoms with Crippen LogP contribution in [-0.2, 0) is 0 Å². The summed E-state index contributed by atoms with van der Waals surface area (Å²) < 4.78 is 4.85. The fourth-order valence-corrected chi connectivity index (χ4v) is 9.65. The predicted octanol–water partition coefficient (Wildman–Crippen LogP) is 14.4. The van der Waals surface area contributed by atoms with Gasteiger partial charge in [-0.3, -0.25) is 9.97 Å². The van der Waals surface area contributed by atoms with Gasteiger partial charge in [-0.2, -0.15) is 0 Å². The number of hydrogen-bond acceptors (Lipinski definition) is 4. The Hall–Kier alpha value is -8.74. The molecule has 0 amide bonds. The van der Waals surface area contributed by atoms with E-state index in [1.54, 1.807) is 12.4 Å². The van der Waals surface area contributed by atoms with Gasteiger partial charge in [0.15, 0.2) is 0 Å². The topological polar surface area (TPSA) is 61.4 Å². The molecule has 0 fully saturated rings. The van der Waals surface area contributed by atoms with Crippen LogP contribution in [0.5, 0.6) is 0 Å². The normalized spacial score (nSPS) is 11.8. The molecule has 0 atom stereocenters. The van der Waals surface area contributed by atoms with E-state index in [4.69, 9.17) is 9.97 Å². The molecule has 0 saturated heterocycles. The van der Waals surface area contributed by atoms with E-state index in [-0.39, 0.29) is 0 Å². The van der Waals surface area contributed by atoms with Crippen LogP contribution in [0, 0.1) is 0 Å². The molecule has 0 bridgehead atoms. The SMILES string of the molecule is c1cc(-c2ccc(-c3ccc4ccncc4n3)cc2)cc(-n2c3ccccc3c3c4c5ccccc5n(-c5cccc(-c6ccc(-c7ccc8ccncc8n7)cc6)c5)c4ccc32)c1. The summed E-state index contributed by atoms with van der Waals surface area (Å²) in [6, 6.07) is 69.8. The van der Waals surface area contributed by atoms with Gasteiger partial charge < -0.3 is 9.13 Å². The number of fused-ring (bicyclic) bond motifs is 9. The van der Waals surface area contributed by atoms with E-state index in [0.29, 0.717) is 0 Å². The molecule has 0 saturated carbocycles. The van der Waals surface area contributed by atoms with Gasteiger partial charge in [0.05, 0.1) is 56.9 Å². The van der Waals surface area contributed by atoms with Gasteiger partial charge in [-0.05, 0) is 95.1 Å². The predicted molar refractivity (Wildman–Crippen MR) is 263 cm³/mol. The van der Waals surface area contributed by atoms with Crippen LogP contribution in [0.2, 0.25) is 0 Å². The highest BCUT2D eigenvalue weighted by molar-refractivity contribution is 6.29. The molecule has 13 aromatic rings. The molecular weight excluding hydrogens is 781 g/mol. The minimum Gasteiger partial charge on any atom is -0.309 e. The smallest absolute Gasteiger partial charge is 0.0892 e. The molecular formula is C58H36N6. The van der Waals surface area contributed by atoms with E-state index in [9.17, 15) is 0 Å². The third kappa shape index (κ3) is 5.81. The first-order valence-corrected chi connectivity index (χ1v) is 21.5. The number of hydrogen-bond donors (Lipinski definition) is 0. The Kier molecular flexibility index (Phi) is 8.11. The first kappa shape index (κ1) is 36.0. The summed E-state index contributed by atoms with van der Waals surface area (Å²) in [7, 11) is 0. The summed E-state index contributed by atoms with van der Waals surface area (Å²) in [4.78, 5) is 18.3. The average Bonchev–Trinajstić information content (AvgIpc) is 3.89. The van der Waals surface area contributed by atoms with Crippen LogP contribution < -0.4 is 0 Å². The van der Waals surface area contributed by atoms with Crippen LogP contribution in [0.15, 0.2) is 219 Å². The Bertz CT molecular complexity index is 3700. The molecule has 64 heavy (non-hydrogen) atoms. The molecule has 6 aromatic heterocycles. The highest BCUT2D eigenvalue weighted by atomic mass is 15.0. The number of rotatable bonds is 6. The van der Waals surface area contributed by atoms with Crippen LogP contribution in [0.3, 0.4) is 0 Å². The number of para-hydroxylation sites is 2. The van der Waals surface area contributed by atoms with E-state index >= 15 is 0 Å². The minimum absolute atomic E-state index is 0.895. The van der Waals surface area contributed by atoms with Crippen molar-refractivity contribution in [3.63, 3.8) is 0 Å². The molecule has 298 valence electrons. The van der Waals surface area contributed by atoms with Crippen molar-refractivity contribution in [3.8, 4) is 56.1 Å². The van der Waals surface area contributed by atoms with Crippen molar-refractivity contribution in [2.75, 3.05) is 0 Å². The summed E-state index contributed by atoms with van der Waals surface area (Å²) in [5.41, 5.74) is 17.3. The standard InChI is InChI=1S/C58H36N6/c1-3-13-53-47(11-1)57-55(63(53)45-9-5-7-43(33-45)37-15-19-39(20-16-37)49-25-23-41-29-31-59-35-51(41)61-49)27-28-56-58(57)48-12-2-4-14-54(48)64(56)46-10-6-8-44(34-46)38-17-21-40(22-18-38)50-26-24-42-30-32-60-36-52(42)62-50/h1-36H. The van der Waals surface area contributed by atoms with Crippen molar-refractivity contribution in [3.05, 3.63) is 219 Å². The van der Waals surface area contributed by atoms with Crippen molar-refractivity contribution in [1.82, 2.24) is 29.1 Å². The van der Waals surface area contributed by atoms with Gasteiger partial charge in [-0.15, -0.1) is 0 Å². The van der Waals surface area contributed by atoms with Crippen molar-refractivity contribution < 1.29 is 0 Å². The molecule has 6 heterocycles. The highest BCUT2D eigenvalue weighted by Crippen LogP contribution is 2.43. The Balaban J connectivity index is 0.903. The van der Waals surface area contributed by atoms with Gasteiger partial charge in [0, 0.05) is 67.2 Å². The quantitative estimate of drug-likeness (QED) is 0.168. The second-order valence-corrected chi connectivity index (χ2v) is 16.3. The van der Waals surface area contributed by atoms with Gasteiger partial charge in [-0.1, -0.05) is 121 Å². The van der Waals surface area contributed by atoms with Gasteiger partial charge in [-0.25, -0.2) is 9.97 Å². The Morgan fingerprint density at radius 3 is 1.22 bits per heavy atom. The summed E-state index contributed by atoms with van der Waals surface area (Å²) in [6.45, 7) is 0. The maximum Gasteiger partial charge on any atom is 0.0892 e. The van der Waals surface area contributed by atoms with Crippen LogP contribution in [0.1, 0.15) is 0 Å². The first-order valence-electron chi connectivity index (χ1n) is 21.5. The molecule has 0 aliphatic heterocycles. The zero-order valence-electron chi connectivity index (χ0n) is 34.5. The van der Waals surface area contributed by atoms with Crippen LogP contribution in [0.4, 0.5) is 0 Å². The molecule has 0 aliphatic carbocycles. The number of benzene rings is 7. The molecule has 0 unspecified atom stereocenters. The molecule has 0 aliphatic rings. The third-order valence-corrected chi connectivity index (χ3v) is 12.7. The summed E-state index contributed by atoms with van der Waals surface area (Å²) in [5.74, 6) is 0. The highest BCUT2D eigenvalue weighted by Gasteiger charge is 2.21. The van der Waals surface area contributed by atoms with E-state index in [1.807, 2.05) is 24.5 Å². The third-order valence-electron chi connectivity index (χ3n) is 12.7. The first-order chi connectivity index (χ1) is 31.7. The monoisotopic (exact) mass is 816 g/mol. The maximum atomic E-state index is 4.88. The Labute approximate surface area is 368 Å². The summed E-state index contributed by atoms with van der Waals surface area (Å²) in [6.07, 6.45) is 7.25. The van der Waals surface area contributed by atoms with E-state index in [0.717, 1.165) is 77.9 Å². The van der Waals surface area contributed by atoms with E-state index in [1.165, 1.54) is 43.6 Å². The zero-order chi connectivity index (χ0) is 42.1. The lowest BCUT2D eigenvalue weighted by Crippen LogP contribution is -1.95. The van der Waals surface area contributed by atoms with Crippen molar-refractivity contribution in [1.29, 1.82) is 0 Å². The molecule has 13 rings (SSSR count).